The molecule has 1 atom stereocenters. The van der Waals surface area contributed by atoms with Gasteiger partial charge in [0, 0.05) is 30.7 Å². The van der Waals surface area contributed by atoms with E-state index in [9.17, 15) is 13.2 Å². The van der Waals surface area contributed by atoms with Gasteiger partial charge in [-0.3, -0.25) is 4.90 Å². The molecule has 0 spiro atoms. The lowest BCUT2D eigenvalue weighted by atomic mass is 9.97. The number of rotatable bonds is 3. The molecule has 0 unspecified atom stereocenters. The second-order valence-corrected chi connectivity index (χ2v) is 7.11. The van der Waals surface area contributed by atoms with Crippen molar-refractivity contribution < 1.29 is 13.2 Å². The molecule has 1 aromatic heterocycles. The van der Waals surface area contributed by atoms with E-state index in [4.69, 9.17) is 0 Å². The van der Waals surface area contributed by atoms with Gasteiger partial charge >= 0.3 is 6.18 Å². The van der Waals surface area contributed by atoms with E-state index < -0.39 is 11.7 Å². The molecule has 1 aliphatic heterocycles. The molecule has 0 amide bonds. The van der Waals surface area contributed by atoms with Crippen molar-refractivity contribution in [3.05, 3.63) is 56.2 Å². The molecular formula is C16H17BrClF3N2S. The standard InChI is InChI=1S/C16H16BrF3N2S.ClH/c17-14-2-1-12(16(18,19)20)9-13(14)15(11-3-8-23-10-11)22-6-4-21-5-7-22;/h1-3,8-10,15,21H,4-7H2;1H/t15-;/m1./s1. The van der Waals surface area contributed by atoms with E-state index in [0.717, 1.165) is 37.8 Å². The van der Waals surface area contributed by atoms with Crippen LogP contribution < -0.4 is 5.32 Å². The SMILES string of the molecule is Cl.FC(F)(F)c1ccc(Br)c([C@@H](c2ccsc2)N2CCNCC2)c1. The highest BCUT2D eigenvalue weighted by molar-refractivity contribution is 9.10. The van der Waals surface area contributed by atoms with Crippen molar-refractivity contribution in [3.8, 4) is 0 Å². The summed E-state index contributed by atoms with van der Waals surface area (Å²) in [4.78, 5) is 2.23. The molecule has 0 radical (unpaired) electrons. The number of thiophene rings is 1. The van der Waals surface area contributed by atoms with Gasteiger partial charge in [0.05, 0.1) is 11.6 Å². The van der Waals surface area contributed by atoms with Crippen molar-refractivity contribution >= 4 is 39.7 Å². The summed E-state index contributed by atoms with van der Waals surface area (Å²) in [6.07, 6.45) is -4.34. The Morgan fingerprint density at radius 1 is 1.17 bits per heavy atom. The lowest BCUT2D eigenvalue weighted by molar-refractivity contribution is -0.137. The first kappa shape index (κ1) is 19.7. The molecule has 0 aliphatic carbocycles. The van der Waals surface area contributed by atoms with Crippen LogP contribution in [0.2, 0.25) is 0 Å². The van der Waals surface area contributed by atoms with Gasteiger partial charge in [-0.25, -0.2) is 0 Å². The van der Waals surface area contributed by atoms with E-state index in [1.165, 1.54) is 12.1 Å². The Morgan fingerprint density at radius 3 is 2.46 bits per heavy atom. The van der Waals surface area contributed by atoms with Crippen molar-refractivity contribution in [2.45, 2.75) is 12.2 Å². The third-order valence-corrected chi connectivity index (χ3v) is 5.42. The van der Waals surface area contributed by atoms with Crippen LogP contribution in [0.25, 0.3) is 0 Å². The zero-order chi connectivity index (χ0) is 16.4. The molecule has 1 fully saturated rings. The van der Waals surface area contributed by atoms with Crippen LogP contribution in [0.5, 0.6) is 0 Å². The van der Waals surface area contributed by atoms with Gasteiger partial charge in [0.25, 0.3) is 0 Å². The molecule has 2 aromatic rings. The topological polar surface area (TPSA) is 15.3 Å². The summed E-state index contributed by atoms with van der Waals surface area (Å²) in [5, 5.41) is 7.26. The van der Waals surface area contributed by atoms with Gasteiger partial charge in [-0.2, -0.15) is 24.5 Å². The Kier molecular flexibility index (Phi) is 6.73. The van der Waals surface area contributed by atoms with Crippen LogP contribution in [0.4, 0.5) is 13.2 Å². The molecule has 132 valence electrons. The maximum absolute atomic E-state index is 13.1. The van der Waals surface area contributed by atoms with Crippen LogP contribution in [0.3, 0.4) is 0 Å². The monoisotopic (exact) mass is 440 g/mol. The summed E-state index contributed by atoms with van der Waals surface area (Å²) in [5.41, 5.74) is 1.10. The normalized spacial score (nSPS) is 17.3. The number of nitrogens with zero attached hydrogens (tertiary/aromatic N) is 1. The molecule has 0 bridgehead atoms. The van der Waals surface area contributed by atoms with Crippen LogP contribution in [-0.2, 0) is 6.18 Å². The summed E-state index contributed by atoms with van der Waals surface area (Å²) >= 11 is 5.01. The number of nitrogens with one attached hydrogen (secondary N) is 1. The van der Waals surface area contributed by atoms with Gasteiger partial charge in [-0.15, -0.1) is 12.4 Å². The summed E-state index contributed by atoms with van der Waals surface area (Å²) in [7, 11) is 0. The summed E-state index contributed by atoms with van der Waals surface area (Å²) < 4.78 is 40.0. The molecular weight excluding hydrogens is 425 g/mol. The maximum atomic E-state index is 13.1. The molecule has 2 heterocycles. The van der Waals surface area contributed by atoms with Crippen molar-refractivity contribution in [2.75, 3.05) is 26.2 Å². The van der Waals surface area contributed by atoms with Gasteiger partial charge in [-0.1, -0.05) is 15.9 Å². The van der Waals surface area contributed by atoms with Crippen LogP contribution in [0.15, 0.2) is 39.5 Å². The average Bonchev–Trinajstić information content (AvgIpc) is 3.03. The van der Waals surface area contributed by atoms with E-state index in [0.29, 0.717) is 10.0 Å². The second kappa shape index (κ2) is 8.19. The summed E-state index contributed by atoms with van der Waals surface area (Å²) in [6.45, 7) is 3.31. The fraction of sp³-hybridized carbons (Fsp3) is 0.375. The fourth-order valence-corrected chi connectivity index (χ4v) is 4.03. The zero-order valence-electron chi connectivity index (χ0n) is 12.6. The Bertz CT molecular complexity index is 658. The third-order valence-electron chi connectivity index (χ3n) is 3.99. The Morgan fingerprint density at radius 2 is 1.88 bits per heavy atom. The first-order valence-electron chi connectivity index (χ1n) is 7.30. The first-order chi connectivity index (χ1) is 11.0. The molecule has 3 rings (SSSR count). The fourth-order valence-electron chi connectivity index (χ4n) is 2.89. The van der Waals surface area contributed by atoms with Crippen molar-refractivity contribution in [1.82, 2.24) is 10.2 Å². The molecule has 1 aromatic carbocycles. The van der Waals surface area contributed by atoms with E-state index in [-0.39, 0.29) is 18.4 Å². The quantitative estimate of drug-likeness (QED) is 0.725. The minimum absolute atomic E-state index is 0. The van der Waals surface area contributed by atoms with Crippen molar-refractivity contribution in [1.29, 1.82) is 0 Å². The highest BCUT2D eigenvalue weighted by atomic mass is 79.9. The number of benzene rings is 1. The first-order valence-corrected chi connectivity index (χ1v) is 9.04. The number of hydrogen-bond donors (Lipinski definition) is 1. The van der Waals surface area contributed by atoms with Crippen LogP contribution >= 0.6 is 39.7 Å². The number of alkyl halides is 3. The Hall–Kier alpha value is -0.600. The molecule has 1 N–H and O–H groups in total. The highest BCUT2D eigenvalue weighted by Crippen LogP contribution is 2.38. The van der Waals surface area contributed by atoms with Crippen molar-refractivity contribution in [2.24, 2.45) is 0 Å². The molecule has 2 nitrogen and oxygen atoms in total. The predicted octanol–water partition coefficient (Wildman–Crippen LogP) is 4.95. The number of halogens is 5. The predicted molar refractivity (Wildman–Crippen MR) is 97.0 cm³/mol. The van der Waals surface area contributed by atoms with Crippen LogP contribution in [0.1, 0.15) is 22.7 Å². The van der Waals surface area contributed by atoms with Gasteiger partial charge < -0.3 is 5.32 Å². The Labute approximate surface area is 157 Å². The van der Waals surface area contributed by atoms with Crippen LogP contribution in [-0.4, -0.2) is 31.1 Å². The lowest BCUT2D eigenvalue weighted by Gasteiger charge is -2.35. The third kappa shape index (κ3) is 4.32. The minimum atomic E-state index is -4.34. The number of piperazine rings is 1. The largest absolute Gasteiger partial charge is 0.416 e. The molecule has 1 aliphatic rings. The van der Waals surface area contributed by atoms with E-state index in [1.54, 1.807) is 11.3 Å². The number of hydrogen-bond acceptors (Lipinski definition) is 3. The van der Waals surface area contributed by atoms with Crippen molar-refractivity contribution in [3.63, 3.8) is 0 Å². The Balaban J connectivity index is 0.00000208. The zero-order valence-corrected chi connectivity index (χ0v) is 15.9. The van der Waals surface area contributed by atoms with E-state index in [1.807, 2.05) is 16.8 Å². The van der Waals surface area contributed by atoms with Gasteiger partial charge in [-0.05, 0) is 46.2 Å². The molecule has 24 heavy (non-hydrogen) atoms. The molecule has 1 saturated heterocycles. The van der Waals surface area contributed by atoms with E-state index in [2.05, 4.69) is 26.1 Å². The van der Waals surface area contributed by atoms with Gasteiger partial charge in [0.15, 0.2) is 0 Å². The highest BCUT2D eigenvalue weighted by Gasteiger charge is 2.33. The van der Waals surface area contributed by atoms with Gasteiger partial charge in [0.2, 0.25) is 0 Å². The van der Waals surface area contributed by atoms with E-state index >= 15 is 0 Å². The van der Waals surface area contributed by atoms with Gasteiger partial charge in [0.1, 0.15) is 0 Å². The minimum Gasteiger partial charge on any atom is -0.314 e. The lowest BCUT2D eigenvalue weighted by Crippen LogP contribution is -2.45. The maximum Gasteiger partial charge on any atom is 0.416 e. The molecule has 8 heteroatoms. The summed E-state index contributed by atoms with van der Waals surface area (Å²) in [6, 6.07) is 5.72. The summed E-state index contributed by atoms with van der Waals surface area (Å²) in [5.74, 6) is 0. The van der Waals surface area contributed by atoms with Crippen LogP contribution in [0, 0.1) is 0 Å². The second-order valence-electron chi connectivity index (χ2n) is 5.48. The smallest absolute Gasteiger partial charge is 0.314 e. The average molecular weight is 442 g/mol. The molecule has 0 saturated carbocycles.